The maximum atomic E-state index is 12.5. The molecule has 1 aliphatic rings. The molecular formula is C25H30ClN3O2. The number of likely N-dealkylation sites (tertiary alicyclic amines) is 1. The van der Waals surface area contributed by atoms with Gasteiger partial charge in [0.15, 0.2) is 0 Å². The number of carbonyl (C=O) groups excluding carboxylic acids is 1. The molecule has 3 aromatic rings. The van der Waals surface area contributed by atoms with Crippen LogP contribution in [0.1, 0.15) is 50.8 Å². The molecule has 1 fully saturated rings. The van der Waals surface area contributed by atoms with Crippen LogP contribution in [-0.4, -0.2) is 40.1 Å². The zero-order chi connectivity index (χ0) is 21.6. The fourth-order valence-electron chi connectivity index (χ4n) is 4.27. The summed E-state index contributed by atoms with van der Waals surface area (Å²) in [6.45, 7) is 5.27. The molecule has 0 radical (unpaired) electrons. The summed E-state index contributed by atoms with van der Waals surface area (Å²) in [4.78, 5) is 19.5. The minimum atomic E-state index is 0.163. The standard InChI is InChI=1S/C25H30ClN3O2/c1-2-3-14-28-18-19(17-24(28)30)25-27-21-11-5-6-12-22(21)29(25)15-8-9-16-31-23-13-7-4-10-20(23)26/h4-7,10-13,19H,2-3,8-9,14-18H2,1H3. The molecule has 0 aliphatic carbocycles. The lowest BCUT2D eigenvalue weighted by atomic mass is 10.1. The fourth-order valence-corrected chi connectivity index (χ4v) is 4.46. The number of carbonyl (C=O) groups is 1. The van der Waals surface area contributed by atoms with Gasteiger partial charge in [-0.2, -0.15) is 0 Å². The molecule has 0 saturated carbocycles. The molecular weight excluding hydrogens is 410 g/mol. The first-order chi connectivity index (χ1) is 15.2. The van der Waals surface area contributed by atoms with Crippen LogP contribution < -0.4 is 4.74 Å². The minimum absolute atomic E-state index is 0.163. The Morgan fingerprint density at radius 3 is 2.71 bits per heavy atom. The van der Waals surface area contributed by atoms with Crippen LogP contribution in [-0.2, 0) is 11.3 Å². The third-order valence-electron chi connectivity index (χ3n) is 5.92. The second-order valence-corrected chi connectivity index (χ2v) is 8.60. The zero-order valence-corrected chi connectivity index (χ0v) is 18.9. The van der Waals surface area contributed by atoms with Gasteiger partial charge in [0.2, 0.25) is 5.91 Å². The highest BCUT2D eigenvalue weighted by Crippen LogP contribution is 2.31. The van der Waals surface area contributed by atoms with E-state index in [2.05, 4.69) is 29.7 Å². The molecule has 0 spiro atoms. The zero-order valence-electron chi connectivity index (χ0n) is 18.1. The second kappa shape index (κ2) is 10.2. The van der Waals surface area contributed by atoms with Crippen molar-refractivity contribution >= 4 is 28.5 Å². The number of aryl methyl sites for hydroxylation is 1. The van der Waals surface area contributed by atoms with Crippen molar-refractivity contribution in [2.24, 2.45) is 0 Å². The number of imidazole rings is 1. The topological polar surface area (TPSA) is 47.4 Å². The van der Waals surface area contributed by atoms with Crippen molar-refractivity contribution in [3.8, 4) is 5.75 Å². The normalized spacial score (nSPS) is 16.4. The van der Waals surface area contributed by atoms with Gasteiger partial charge in [-0.05, 0) is 43.5 Å². The predicted octanol–water partition coefficient (Wildman–Crippen LogP) is 5.66. The molecule has 1 atom stereocenters. The number of hydrogen-bond donors (Lipinski definition) is 0. The van der Waals surface area contributed by atoms with Gasteiger partial charge < -0.3 is 14.2 Å². The molecule has 1 unspecified atom stereocenters. The Morgan fingerprint density at radius 2 is 1.87 bits per heavy atom. The van der Waals surface area contributed by atoms with E-state index in [1.807, 2.05) is 35.2 Å². The Kier molecular flexibility index (Phi) is 7.13. The van der Waals surface area contributed by atoms with E-state index in [0.717, 1.165) is 67.9 Å². The molecule has 2 aromatic carbocycles. The lowest BCUT2D eigenvalue weighted by Gasteiger charge is -2.17. The highest BCUT2D eigenvalue weighted by Gasteiger charge is 2.33. The fraction of sp³-hybridized carbons (Fsp3) is 0.440. The predicted molar refractivity (Wildman–Crippen MR) is 125 cm³/mol. The van der Waals surface area contributed by atoms with Crippen LogP contribution in [0, 0.1) is 0 Å². The molecule has 1 saturated heterocycles. The van der Waals surface area contributed by atoms with Gasteiger partial charge in [-0.3, -0.25) is 4.79 Å². The number of unbranched alkanes of at least 4 members (excludes halogenated alkanes) is 2. The Morgan fingerprint density at radius 1 is 1.06 bits per heavy atom. The van der Waals surface area contributed by atoms with Gasteiger partial charge in [0, 0.05) is 32.0 Å². The van der Waals surface area contributed by atoms with Crippen LogP contribution in [0.15, 0.2) is 48.5 Å². The highest BCUT2D eigenvalue weighted by molar-refractivity contribution is 6.32. The average molecular weight is 440 g/mol. The monoisotopic (exact) mass is 439 g/mol. The average Bonchev–Trinajstić information content (AvgIpc) is 3.33. The van der Waals surface area contributed by atoms with E-state index in [-0.39, 0.29) is 11.8 Å². The lowest BCUT2D eigenvalue weighted by molar-refractivity contribution is -0.127. The minimum Gasteiger partial charge on any atom is -0.492 e. The summed E-state index contributed by atoms with van der Waals surface area (Å²) in [6.07, 6.45) is 4.60. The van der Waals surface area contributed by atoms with Crippen molar-refractivity contribution in [2.75, 3.05) is 19.7 Å². The summed E-state index contributed by atoms with van der Waals surface area (Å²) in [5, 5.41) is 0.643. The molecule has 1 aliphatic heterocycles. The van der Waals surface area contributed by atoms with Crippen LogP contribution in [0.2, 0.25) is 5.02 Å². The van der Waals surface area contributed by atoms with Crippen molar-refractivity contribution < 1.29 is 9.53 Å². The van der Waals surface area contributed by atoms with Crippen LogP contribution in [0.3, 0.4) is 0 Å². The van der Waals surface area contributed by atoms with Gasteiger partial charge in [-0.15, -0.1) is 0 Å². The smallest absolute Gasteiger partial charge is 0.223 e. The number of aromatic nitrogens is 2. The Balaban J connectivity index is 1.42. The first-order valence-electron chi connectivity index (χ1n) is 11.3. The van der Waals surface area contributed by atoms with Gasteiger partial charge in [-0.1, -0.05) is 49.2 Å². The van der Waals surface area contributed by atoms with Crippen LogP contribution in [0.25, 0.3) is 11.0 Å². The van der Waals surface area contributed by atoms with Gasteiger partial charge in [0.05, 0.1) is 22.7 Å². The van der Waals surface area contributed by atoms with E-state index in [1.54, 1.807) is 0 Å². The summed E-state index contributed by atoms with van der Waals surface area (Å²) in [5.41, 5.74) is 2.15. The molecule has 31 heavy (non-hydrogen) atoms. The Bertz CT molecular complexity index is 1030. The van der Waals surface area contributed by atoms with Crippen molar-refractivity contribution in [3.63, 3.8) is 0 Å². The number of hydrogen-bond acceptors (Lipinski definition) is 3. The molecule has 5 nitrogen and oxygen atoms in total. The van der Waals surface area contributed by atoms with Crippen molar-refractivity contribution in [3.05, 3.63) is 59.4 Å². The largest absolute Gasteiger partial charge is 0.492 e. The van der Waals surface area contributed by atoms with Crippen LogP contribution in [0.4, 0.5) is 0 Å². The third-order valence-corrected chi connectivity index (χ3v) is 6.23. The molecule has 2 heterocycles. The first-order valence-corrected chi connectivity index (χ1v) is 11.7. The molecule has 0 N–H and O–H groups in total. The quantitative estimate of drug-likeness (QED) is 0.382. The third kappa shape index (κ3) is 5.04. The Labute approximate surface area is 189 Å². The van der Waals surface area contributed by atoms with Crippen molar-refractivity contribution in [1.29, 1.82) is 0 Å². The van der Waals surface area contributed by atoms with E-state index in [0.29, 0.717) is 18.1 Å². The van der Waals surface area contributed by atoms with E-state index in [1.165, 1.54) is 0 Å². The van der Waals surface area contributed by atoms with E-state index >= 15 is 0 Å². The second-order valence-electron chi connectivity index (χ2n) is 8.19. The maximum Gasteiger partial charge on any atom is 0.223 e. The van der Waals surface area contributed by atoms with Gasteiger partial charge >= 0.3 is 0 Å². The molecule has 4 rings (SSSR count). The lowest BCUT2D eigenvalue weighted by Crippen LogP contribution is -2.26. The number of nitrogens with zero attached hydrogens (tertiary/aromatic N) is 3. The molecule has 0 bridgehead atoms. The first kappa shape index (κ1) is 21.7. The SMILES string of the molecule is CCCCN1CC(c2nc3ccccc3n2CCCCOc2ccccc2Cl)CC1=O. The Hall–Kier alpha value is -2.53. The van der Waals surface area contributed by atoms with E-state index in [4.69, 9.17) is 21.3 Å². The van der Waals surface area contributed by atoms with Gasteiger partial charge in [0.1, 0.15) is 11.6 Å². The molecule has 1 aromatic heterocycles. The summed E-state index contributed by atoms with van der Waals surface area (Å²) in [6, 6.07) is 15.8. The highest BCUT2D eigenvalue weighted by atomic mass is 35.5. The van der Waals surface area contributed by atoms with Gasteiger partial charge in [-0.25, -0.2) is 4.98 Å². The van der Waals surface area contributed by atoms with E-state index in [9.17, 15) is 4.79 Å². The number of amides is 1. The van der Waals surface area contributed by atoms with Gasteiger partial charge in [0.25, 0.3) is 0 Å². The number of halogens is 1. The molecule has 164 valence electrons. The van der Waals surface area contributed by atoms with Crippen molar-refractivity contribution in [2.45, 2.75) is 51.5 Å². The number of para-hydroxylation sites is 3. The number of rotatable bonds is 10. The maximum absolute atomic E-state index is 12.5. The summed E-state index contributed by atoms with van der Waals surface area (Å²) in [5.74, 6) is 2.19. The summed E-state index contributed by atoms with van der Waals surface area (Å²) >= 11 is 6.16. The van der Waals surface area contributed by atoms with Crippen molar-refractivity contribution in [1.82, 2.24) is 14.5 Å². The summed E-state index contributed by atoms with van der Waals surface area (Å²) in [7, 11) is 0. The molecule has 6 heteroatoms. The number of ether oxygens (including phenoxy) is 1. The van der Waals surface area contributed by atoms with E-state index < -0.39 is 0 Å². The number of fused-ring (bicyclic) bond motifs is 1. The van der Waals surface area contributed by atoms with Crippen LogP contribution >= 0.6 is 11.6 Å². The number of benzene rings is 2. The van der Waals surface area contributed by atoms with Crippen LogP contribution in [0.5, 0.6) is 5.75 Å². The summed E-state index contributed by atoms with van der Waals surface area (Å²) < 4.78 is 8.14. The molecule has 1 amide bonds.